The minimum Gasteiger partial charge on any atom is -0.376 e. The monoisotopic (exact) mass is 503 g/mol. The fraction of sp³-hybridized carbons (Fsp3) is 0.480. The molecule has 0 N–H and O–H groups in total. The van der Waals surface area contributed by atoms with Crippen LogP contribution in [0.3, 0.4) is 0 Å². The molecule has 2 saturated heterocycles. The second-order valence-electron chi connectivity index (χ2n) is 9.28. The van der Waals surface area contributed by atoms with Crippen LogP contribution in [0, 0.1) is 11.7 Å². The van der Waals surface area contributed by atoms with Gasteiger partial charge in [0, 0.05) is 25.4 Å². The predicted molar refractivity (Wildman–Crippen MR) is 132 cm³/mol. The highest BCUT2D eigenvalue weighted by Crippen LogP contribution is 2.32. The quantitative estimate of drug-likeness (QED) is 0.422. The molecule has 0 radical (unpaired) electrons. The van der Waals surface area contributed by atoms with E-state index in [0.29, 0.717) is 42.4 Å². The Balaban J connectivity index is 1.48. The number of piperidine rings is 1. The maximum atomic E-state index is 14.2. The molecule has 0 amide bonds. The third-order valence-electron chi connectivity index (χ3n) is 6.67. The molecular weight excluding hydrogens is 473 g/mol. The number of hydrogen-bond acceptors (Lipinski definition) is 5. The molecular formula is C25H30FN3O3S2. The summed E-state index contributed by atoms with van der Waals surface area (Å²) < 4.78 is 50.4. The van der Waals surface area contributed by atoms with E-state index in [-0.39, 0.29) is 16.8 Å². The van der Waals surface area contributed by atoms with E-state index < -0.39 is 10.0 Å². The van der Waals surface area contributed by atoms with E-state index in [1.54, 1.807) is 28.6 Å². The summed E-state index contributed by atoms with van der Waals surface area (Å²) in [7, 11) is -3.57. The molecule has 182 valence electrons. The first-order valence-corrected chi connectivity index (χ1v) is 14.3. The maximum Gasteiger partial charge on any atom is 0.243 e. The second-order valence-corrected chi connectivity index (χ2v) is 12.2. The molecule has 34 heavy (non-hydrogen) atoms. The van der Waals surface area contributed by atoms with Gasteiger partial charge in [0.15, 0.2) is 5.16 Å². The van der Waals surface area contributed by atoms with Gasteiger partial charge < -0.3 is 9.30 Å². The summed E-state index contributed by atoms with van der Waals surface area (Å²) in [5.74, 6) is 0.568. The lowest BCUT2D eigenvalue weighted by atomic mass is 10.0. The zero-order chi connectivity index (χ0) is 23.7. The van der Waals surface area contributed by atoms with Crippen LogP contribution in [0.5, 0.6) is 0 Å². The number of nitrogens with zero attached hydrogens (tertiary/aromatic N) is 3. The van der Waals surface area contributed by atoms with Crippen molar-refractivity contribution in [3.63, 3.8) is 0 Å². The number of sulfonamides is 1. The second kappa shape index (κ2) is 9.97. The maximum absolute atomic E-state index is 14.2. The van der Waals surface area contributed by atoms with Crippen molar-refractivity contribution in [2.24, 2.45) is 5.92 Å². The lowest BCUT2D eigenvalue weighted by Crippen LogP contribution is -2.39. The Kier molecular flexibility index (Phi) is 6.97. The molecule has 0 unspecified atom stereocenters. The van der Waals surface area contributed by atoms with Crippen molar-refractivity contribution in [3.8, 4) is 0 Å². The number of thioether (sulfide) groups is 1. The third kappa shape index (κ3) is 4.89. The number of imidazole rings is 1. The van der Waals surface area contributed by atoms with Gasteiger partial charge in [-0.3, -0.25) is 0 Å². The molecule has 2 aliphatic rings. The first-order valence-electron chi connectivity index (χ1n) is 11.9. The van der Waals surface area contributed by atoms with Crippen molar-refractivity contribution >= 4 is 32.8 Å². The average Bonchev–Trinajstić information content (AvgIpc) is 3.46. The number of fused-ring (bicyclic) bond motifs is 1. The summed E-state index contributed by atoms with van der Waals surface area (Å²) in [6, 6.07) is 12.0. The molecule has 2 fully saturated rings. The summed E-state index contributed by atoms with van der Waals surface area (Å²) in [4.78, 5) is 5.08. The molecule has 2 aliphatic heterocycles. The molecule has 6 nitrogen and oxygen atoms in total. The Labute approximate surface area is 204 Å². The summed E-state index contributed by atoms with van der Waals surface area (Å²) in [6.07, 6.45) is 4.06. The van der Waals surface area contributed by atoms with Gasteiger partial charge in [0.25, 0.3) is 0 Å². The van der Waals surface area contributed by atoms with Gasteiger partial charge in [-0.25, -0.2) is 17.8 Å². The molecule has 1 aromatic heterocycles. The van der Waals surface area contributed by atoms with Crippen LogP contribution in [-0.4, -0.2) is 48.1 Å². The predicted octanol–water partition coefficient (Wildman–Crippen LogP) is 5.07. The van der Waals surface area contributed by atoms with E-state index in [1.807, 2.05) is 12.1 Å². The van der Waals surface area contributed by atoms with Gasteiger partial charge in [0.2, 0.25) is 10.0 Å². The van der Waals surface area contributed by atoms with Crippen LogP contribution in [0.2, 0.25) is 0 Å². The Morgan fingerprint density at radius 3 is 2.79 bits per heavy atom. The van der Waals surface area contributed by atoms with Crippen molar-refractivity contribution in [1.82, 2.24) is 13.9 Å². The molecule has 0 saturated carbocycles. The fourth-order valence-corrected chi connectivity index (χ4v) is 7.43. The van der Waals surface area contributed by atoms with Crippen LogP contribution in [-0.2, 0) is 27.1 Å². The van der Waals surface area contributed by atoms with Crippen molar-refractivity contribution < 1.29 is 17.5 Å². The Morgan fingerprint density at radius 1 is 1.18 bits per heavy atom. The number of ether oxygens (including phenoxy) is 1. The largest absolute Gasteiger partial charge is 0.376 e. The molecule has 9 heteroatoms. The number of rotatable bonds is 7. The first-order chi connectivity index (χ1) is 16.4. The lowest BCUT2D eigenvalue weighted by molar-refractivity contribution is 0.0960. The van der Waals surface area contributed by atoms with Crippen LogP contribution in [0.4, 0.5) is 4.39 Å². The van der Waals surface area contributed by atoms with E-state index in [9.17, 15) is 12.8 Å². The summed E-state index contributed by atoms with van der Waals surface area (Å²) in [5, 5.41) is 0.745. The summed E-state index contributed by atoms with van der Waals surface area (Å²) in [6.45, 7) is 4.60. The molecule has 2 atom stereocenters. The average molecular weight is 504 g/mol. The van der Waals surface area contributed by atoms with Gasteiger partial charge in [-0.15, -0.1) is 0 Å². The Morgan fingerprint density at radius 2 is 2.03 bits per heavy atom. The fourth-order valence-electron chi connectivity index (χ4n) is 4.80. The molecule has 2 aromatic carbocycles. The standard InChI is InChI=1S/C25H30FN3O3S2/c1-18-6-4-12-28(15-18)34(30,31)21-10-11-24-23(14-21)27-25(29(24)16-20-8-5-13-32-20)33-17-19-7-2-3-9-22(19)26/h2-3,7,9-11,14,18,20H,4-6,8,12-13,15-17H2,1H3/t18-,20-/m0/s1. The van der Waals surface area contributed by atoms with Crippen molar-refractivity contribution in [1.29, 1.82) is 0 Å². The van der Waals surface area contributed by atoms with E-state index in [0.717, 1.165) is 43.0 Å². The zero-order valence-corrected chi connectivity index (χ0v) is 21.0. The van der Waals surface area contributed by atoms with Crippen LogP contribution >= 0.6 is 11.8 Å². The molecule has 0 spiro atoms. The van der Waals surface area contributed by atoms with E-state index >= 15 is 0 Å². The minimum absolute atomic E-state index is 0.100. The SMILES string of the molecule is C[C@H]1CCCN(S(=O)(=O)c2ccc3c(c2)nc(SCc2ccccc2F)n3C[C@@H]2CCCO2)C1. The van der Waals surface area contributed by atoms with Crippen molar-refractivity contribution in [2.45, 2.75) is 61.1 Å². The third-order valence-corrected chi connectivity index (χ3v) is 9.55. The first kappa shape index (κ1) is 23.8. The van der Waals surface area contributed by atoms with Crippen LogP contribution in [0.25, 0.3) is 11.0 Å². The highest BCUT2D eigenvalue weighted by atomic mass is 32.2. The van der Waals surface area contributed by atoms with Crippen LogP contribution in [0.1, 0.15) is 38.2 Å². The van der Waals surface area contributed by atoms with Gasteiger partial charge >= 0.3 is 0 Å². The van der Waals surface area contributed by atoms with Gasteiger partial charge in [0.1, 0.15) is 5.82 Å². The highest BCUT2D eigenvalue weighted by molar-refractivity contribution is 7.98. The van der Waals surface area contributed by atoms with Crippen LogP contribution < -0.4 is 0 Å². The minimum atomic E-state index is -3.57. The molecule has 5 rings (SSSR count). The van der Waals surface area contributed by atoms with Crippen LogP contribution in [0.15, 0.2) is 52.5 Å². The summed E-state index contributed by atoms with van der Waals surface area (Å²) >= 11 is 1.46. The van der Waals surface area contributed by atoms with Gasteiger partial charge in [-0.2, -0.15) is 4.31 Å². The molecule has 3 heterocycles. The Hall–Kier alpha value is -1.94. The van der Waals surface area contributed by atoms with E-state index in [2.05, 4.69) is 11.5 Å². The smallest absolute Gasteiger partial charge is 0.243 e. The van der Waals surface area contributed by atoms with E-state index in [4.69, 9.17) is 9.72 Å². The number of hydrogen-bond donors (Lipinski definition) is 0. The van der Waals surface area contributed by atoms with Crippen molar-refractivity contribution in [3.05, 3.63) is 53.8 Å². The molecule has 0 aliphatic carbocycles. The summed E-state index contributed by atoms with van der Waals surface area (Å²) in [5.41, 5.74) is 2.13. The van der Waals surface area contributed by atoms with Gasteiger partial charge in [-0.1, -0.05) is 36.9 Å². The zero-order valence-electron chi connectivity index (χ0n) is 19.3. The van der Waals surface area contributed by atoms with Crippen molar-refractivity contribution in [2.75, 3.05) is 19.7 Å². The topological polar surface area (TPSA) is 64.4 Å². The molecule has 3 aromatic rings. The van der Waals surface area contributed by atoms with Gasteiger partial charge in [0.05, 0.1) is 28.6 Å². The van der Waals surface area contributed by atoms with Gasteiger partial charge in [-0.05, 0) is 61.4 Å². The highest BCUT2D eigenvalue weighted by Gasteiger charge is 2.29. The normalized spacial score (nSPS) is 21.9. The molecule has 0 bridgehead atoms. The number of halogens is 1. The number of benzene rings is 2. The Bertz CT molecular complexity index is 1270. The lowest BCUT2D eigenvalue weighted by Gasteiger charge is -2.30. The van der Waals surface area contributed by atoms with E-state index in [1.165, 1.54) is 17.8 Å². The number of aromatic nitrogens is 2.